The minimum Gasteiger partial charge on any atom is -0.486 e. The highest BCUT2D eigenvalue weighted by molar-refractivity contribution is 7.80. The number of aromatic nitrogens is 1. The maximum absolute atomic E-state index is 12.7. The molecule has 0 amide bonds. The zero-order valence-corrected chi connectivity index (χ0v) is 18.9. The molecule has 2 aromatic rings. The highest BCUT2D eigenvalue weighted by atomic mass is 32.1. The maximum atomic E-state index is 12.7. The van der Waals surface area contributed by atoms with E-state index in [-0.39, 0.29) is 12.2 Å². The summed E-state index contributed by atoms with van der Waals surface area (Å²) in [5, 5.41) is 14.2. The van der Waals surface area contributed by atoms with E-state index in [2.05, 4.69) is 15.2 Å². The number of hydrogen-bond acceptors (Lipinski definition) is 7. The van der Waals surface area contributed by atoms with E-state index < -0.39 is 0 Å². The topological polar surface area (TPSA) is 99.3 Å². The Morgan fingerprint density at radius 1 is 1.16 bits per heavy atom. The molecule has 174 valence electrons. The highest BCUT2D eigenvalue weighted by Gasteiger charge is 2.17. The lowest BCUT2D eigenvalue weighted by Gasteiger charge is -2.27. The van der Waals surface area contributed by atoms with E-state index >= 15 is 0 Å². The van der Waals surface area contributed by atoms with Crippen molar-refractivity contribution in [1.82, 2.24) is 20.1 Å². The van der Waals surface area contributed by atoms with Gasteiger partial charge in [-0.15, -0.1) is 0 Å². The third-order valence-electron chi connectivity index (χ3n) is 5.63. The normalized spacial score (nSPS) is 16.2. The second kappa shape index (κ2) is 11.0. The highest BCUT2D eigenvalue weighted by Crippen LogP contribution is 2.33. The Bertz CT molecular complexity index is 992. The molecule has 9 nitrogen and oxygen atoms in total. The molecule has 0 unspecified atom stereocenters. The van der Waals surface area contributed by atoms with E-state index in [1.807, 2.05) is 17.0 Å². The van der Waals surface area contributed by atoms with Gasteiger partial charge in [0.05, 0.1) is 31.9 Å². The van der Waals surface area contributed by atoms with E-state index in [0.717, 1.165) is 51.2 Å². The third kappa shape index (κ3) is 5.69. The molecule has 0 aliphatic carbocycles. The number of aliphatic hydroxyl groups is 1. The number of fused-ring (bicyclic) bond motifs is 2. The molecule has 0 saturated carbocycles. The third-order valence-corrected chi connectivity index (χ3v) is 6.04. The predicted octanol–water partition coefficient (Wildman–Crippen LogP) is 0.690. The first-order valence-corrected chi connectivity index (χ1v) is 11.4. The lowest BCUT2D eigenvalue weighted by atomic mass is 10.1. The number of aromatic amines is 1. The number of morpholine rings is 1. The molecule has 0 atom stereocenters. The van der Waals surface area contributed by atoms with E-state index in [1.165, 1.54) is 0 Å². The Morgan fingerprint density at radius 3 is 2.66 bits per heavy atom. The smallest absolute Gasteiger partial charge is 0.253 e. The SMILES string of the molecule is O=c1[nH]c2cc3c(cc2cc1CN(CCO)C(=S)NCCCN1CCOCC1)OCCO3. The fourth-order valence-electron chi connectivity index (χ4n) is 3.92. The molecule has 32 heavy (non-hydrogen) atoms. The molecule has 2 aliphatic rings. The van der Waals surface area contributed by atoms with Crippen LogP contribution >= 0.6 is 12.2 Å². The molecule has 2 aliphatic heterocycles. The lowest BCUT2D eigenvalue weighted by molar-refractivity contribution is 0.0376. The Balaban J connectivity index is 1.39. The molecule has 4 rings (SSSR count). The van der Waals surface area contributed by atoms with Crippen LogP contribution in [-0.4, -0.2) is 90.8 Å². The van der Waals surface area contributed by atoms with Crippen molar-refractivity contribution in [3.05, 3.63) is 34.1 Å². The molecule has 0 bridgehead atoms. The second-order valence-electron chi connectivity index (χ2n) is 7.89. The molecule has 1 fully saturated rings. The van der Waals surface area contributed by atoms with Crippen molar-refractivity contribution in [3.8, 4) is 11.5 Å². The number of ether oxygens (including phenoxy) is 3. The number of H-pyrrole nitrogens is 1. The average molecular weight is 463 g/mol. The average Bonchev–Trinajstić information content (AvgIpc) is 2.81. The van der Waals surface area contributed by atoms with Gasteiger partial charge in [0.1, 0.15) is 13.2 Å². The van der Waals surface area contributed by atoms with Crippen molar-refractivity contribution in [2.24, 2.45) is 0 Å². The minimum atomic E-state index is -0.188. The number of nitrogens with zero attached hydrogens (tertiary/aromatic N) is 2. The number of benzene rings is 1. The van der Waals surface area contributed by atoms with Crippen LogP contribution in [0.25, 0.3) is 10.9 Å². The minimum absolute atomic E-state index is 0.0558. The van der Waals surface area contributed by atoms with Crippen molar-refractivity contribution in [1.29, 1.82) is 0 Å². The summed E-state index contributed by atoms with van der Waals surface area (Å²) >= 11 is 5.55. The number of thiocarbonyl (C=S) groups is 1. The number of pyridine rings is 1. The van der Waals surface area contributed by atoms with Crippen molar-refractivity contribution in [2.75, 3.05) is 65.8 Å². The molecule has 1 aromatic carbocycles. The summed E-state index contributed by atoms with van der Waals surface area (Å²) in [5.74, 6) is 1.31. The van der Waals surface area contributed by atoms with Gasteiger partial charge in [0.25, 0.3) is 5.56 Å². The van der Waals surface area contributed by atoms with E-state index in [9.17, 15) is 9.90 Å². The quantitative estimate of drug-likeness (QED) is 0.387. The van der Waals surface area contributed by atoms with Crippen molar-refractivity contribution < 1.29 is 19.3 Å². The van der Waals surface area contributed by atoms with Crippen LogP contribution in [0.2, 0.25) is 0 Å². The molecule has 10 heteroatoms. The standard InChI is InChI=1S/C22H30N4O5S/c27-7-4-26(22(32)23-2-1-3-25-5-8-29-9-6-25)15-17-12-16-13-19-20(31-11-10-30-19)14-18(16)24-21(17)28/h12-14,27H,1-11,15H2,(H,23,32)(H,24,28). The number of hydrogen-bond donors (Lipinski definition) is 3. The van der Waals surface area contributed by atoms with Crippen LogP contribution in [0.4, 0.5) is 0 Å². The molecule has 3 heterocycles. The van der Waals surface area contributed by atoms with Gasteiger partial charge in [0.2, 0.25) is 0 Å². The molecule has 1 aromatic heterocycles. The van der Waals surface area contributed by atoms with E-state index in [4.69, 9.17) is 26.4 Å². The van der Waals surface area contributed by atoms with Gasteiger partial charge in [0.15, 0.2) is 16.6 Å². The van der Waals surface area contributed by atoms with Crippen molar-refractivity contribution >= 4 is 28.2 Å². The molecular weight excluding hydrogens is 432 g/mol. The van der Waals surface area contributed by atoms with Crippen LogP contribution in [0, 0.1) is 0 Å². The molecule has 0 spiro atoms. The van der Waals surface area contributed by atoms with Gasteiger partial charge in [-0.2, -0.15) is 0 Å². The van der Waals surface area contributed by atoms with E-state index in [1.54, 1.807) is 6.07 Å². The summed E-state index contributed by atoms with van der Waals surface area (Å²) in [6.45, 7) is 6.81. The lowest BCUT2D eigenvalue weighted by Crippen LogP contribution is -2.43. The van der Waals surface area contributed by atoms with Crippen molar-refractivity contribution in [2.45, 2.75) is 13.0 Å². The Morgan fingerprint density at radius 2 is 1.91 bits per heavy atom. The zero-order valence-electron chi connectivity index (χ0n) is 18.1. The number of aliphatic hydroxyl groups excluding tert-OH is 1. The van der Waals surface area contributed by atoms with Crippen LogP contribution in [-0.2, 0) is 11.3 Å². The largest absolute Gasteiger partial charge is 0.486 e. The first-order chi connectivity index (χ1) is 15.6. The first-order valence-electron chi connectivity index (χ1n) is 11.0. The Hall–Kier alpha value is -2.40. The first kappa shape index (κ1) is 22.8. The van der Waals surface area contributed by atoms with Crippen LogP contribution < -0.4 is 20.3 Å². The molecule has 1 saturated heterocycles. The molecule has 0 radical (unpaired) electrons. The predicted molar refractivity (Wildman–Crippen MR) is 126 cm³/mol. The Labute approximate surface area is 192 Å². The van der Waals surface area contributed by atoms with Gasteiger partial charge in [-0.3, -0.25) is 9.69 Å². The number of nitrogens with one attached hydrogen (secondary N) is 2. The molecule has 3 N–H and O–H groups in total. The van der Waals surface area contributed by atoms with Gasteiger partial charge in [-0.05, 0) is 37.3 Å². The maximum Gasteiger partial charge on any atom is 0.253 e. The van der Waals surface area contributed by atoms with Gasteiger partial charge in [-0.25, -0.2) is 0 Å². The summed E-state index contributed by atoms with van der Waals surface area (Å²) in [4.78, 5) is 19.8. The van der Waals surface area contributed by atoms with Crippen LogP contribution in [0.1, 0.15) is 12.0 Å². The fraction of sp³-hybridized carbons (Fsp3) is 0.545. The monoisotopic (exact) mass is 462 g/mol. The second-order valence-corrected chi connectivity index (χ2v) is 8.28. The summed E-state index contributed by atoms with van der Waals surface area (Å²) in [6.07, 6.45) is 0.955. The van der Waals surface area contributed by atoms with Crippen LogP contribution in [0.5, 0.6) is 11.5 Å². The van der Waals surface area contributed by atoms with Gasteiger partial charge in [-0.1, -0.05) is 0 Å². The van der Waals surface area contributed by atoms with Crippen LogP contribution in [0.15, 0.2) is 23.0 Å². The van der Waals surface area contributed by atoms with Crippen LogP contribution in [0.3, 0.4) is 0 Å². The van der Waals surface area contributed by atoms with Gasteiger partial charge in [0, 0.05) is 43.2 Å². The fourth-order valence-corrected chi connectivity index (χ4v) is 4.18. The Kier molecular flexibility index (Phi) is 7.80. The molecular formula is C22H30N4O5S. The van der Waals surface area contributed by atoms with E-state index in [0.29, 0.717) is 54.0 Å². The summed E-state index contributed by atoms with van der Waals surface area (Å²) in [6, 6.07) is 5.51. The summed E-state index contributed by atoms with van der Waals surface area (Å²) in [7, 11) is 0. The zero-order chi connectivity index (χ0) is 22.3. The number of rotatable bonds is 8. The van der Waals surface area contributed by atoms with Crippen molar-refractivity contribution in [3.63, 3.8) is 0 Å². The van der Waals surface area contributed by atoms with Gasteiger partial charge >= 0.3 is 0 Å². The summed E-state index contributed by atoms with van der Waals surface area (Å²) < 4.78 is 16.6. The van der Waals surface area contributed by atoms with Gasteiger partial charge < -0.3 is 34.5 Å². The summed E-state index contributed by atoms with van der Waals surface area (Å²) in [5.41, 5.74) is 1.08.